The molecule has 1 amide bonds. The van der Waals surface area contributed by atoms with Crippen molar-refractivity contribution in [2.75, 3.05) is 13.7 Å². The first kappa shape index (κ1) is 12.8. The summed E-state index contributed by atoms with van der Waals surface area (Å²) in [7, 11) is 1.79. The zero-order valence-corrected chi connectivity index (χ0v) is 10.7. The Morgan fingerprint density at radius 1 is 1.18 bits per heavy atom. The number of rotatable bonds is 3. The van der Waals surface area contributed by atoms with Gasteiger partial charge >= 0.3 is 0 Å². The minimum absolute atomic E-state index is 0.0293. The van der Waals surface area contributed by atoms with Crippen molar-refractivity contribution < 1.29 is 9.53 Å². The first-order valence-electron chi connectivity index (χ1n) is 6.86. The van der Waals surface area contributed by atoms with Gasteiger partial charge < -0.3 is 15.4 Å². The summed E-state index contributed by atoms with van der Waals surface area (Å²) in [6.45, 7) is 0.841. The lowest BCUT2D eigenvalue weighted by molar-refractivity contribution is -0.123. The van der Waals surface area contributed by atoms with E-state index in [-0.39, 0.29) is 11.9 Å². The fourth-order valence-electron chi connectivity index (χ4n) is 2.85. The van der Waals surface area contributed by atoms with Gasteiger partial charge in [-0.2, -0.15) is 0 Å². The molecule has 4 heteroatoms. The molecule has 1 atom stereocenters. The van der Waals surface area contributed by atoms with E-state index in [1.54, 1.807) is 7.11 Å². The number of amides is 1. The van der Waals surface area contributed by atoms with Gasteiger partial charge in [-0.05, 0) is 44.9 Å². The summed E-state index contributed by atoms with van der Waals surface area (Å²) in [5, 5.41) is 6.50. The van der Waals surface area contributed by atoms with Crippen molar-refractivity contribution >= 4 is 5.91 Å². The fraction of sp³-hybridized carbons (Fsp3) is 0.923. The van der Waals surface area contributed by atoms with Gasteiger partial charge in [0.1, 0.15) is 0 Å². The average Bonchev–Trinajstić information content (AvgIpc) is 2.56. The molecule has 1 aliphatic carbocycles. The number of methoxy groups -OCH3 is 1. The lowest BCUT2D eigenvalue weighted by atomic mass is 9.92. The van der Waals surface area contributed by atoms with E-state index < -0.39 is 0 Å². The number of carbonyl (C=O) groups is 1. The number of ether oxygens (including phenoxy) is 1. The topological polar surface area (TPSA) is 50.4 Å². The van der Waals surface area contributed by atoms with Crippen molar-refractivity contribution in [3.63, 3.8) is 0 Å². The lowest BCUT2D eigenvalue weighted by Gasteiger charge is -2.30. The van der Waals surface area contributed by atoms with Gasteiger partial charge in [0.25, 0.3) is 0 Å². The van der Waals surface area contributed by atoms with Crippen molar-refractivity contribution in [2.45, 2.75) is 63.1 Å². The van der Waals surface area contributed by atoms with Gasteiger partial charge in [-0.3, -0.25) is 4.79 Å². The summed E-state index contributed by atoms with van der Waals surface area (Å²) in [4.78, 5) is 11.8. The SMILES string of the molecule is COC1CCC(NC2CCCCNC2=O)CC1. The van der Waals surface area contributed by atoms with Crippen LogP contribution in [0.5, 0.6) is 0 Å². The molecule has 2 aliphatic rings. The highest BCUT2D eigenvalue weighted by molar-refractivity contribution is 5.81. The van der Waals surface area contributed by atoms with Crippen LogP contribution < -0.4 is 10.6 Å². The molecule has 2 fully saturated rings. The second-order valence-corrected chi connectivity index (χ2v) is 5.22. The van der Waals surface area contributed by atoms with Crippen LogP contribution in [0.1, 0.15) is 44.9 Å². The number of nitrogens with one attached hydrogen (secondary N) is 2. The fourth-order valence-corrected chi connectivity index (χ4v) is 2.85. The van der Waals surface area contributed by atoms with Crippen LogP contribution in [0.2, 0.25) is 0 Å². The quantitative estimate of drug-likeness (QED) is 0.779. The van der Waals surface area contributed by atoms with Gasteiger partial charge in [-0.1, -0.05) is 0 Å². The minimum atomic E-state index is 0.0293. The van der Waals surface area contributed by atoms with Crippen LogP contribution in [0.15, 0.2) is 0 Å². The summed E-state index contributed by atoms with van der Waals surface area (Å²) in [5.41, 5.74) is 0. The molecule has 98 valence electrons. The summed E-state index contributed by atoms with van der Waals surface area (Å²) < 4.78 is 5.36. The molecule has 0 radical (unpaired) electrons. The zero-order chi connectivity index (χ0) is 12.1. The standard InChI is InChI=1S/C13H24N2O2/c1-17-11-7-5-10(6-8-11)15-12-4-2-3-9-14-13(12)16/h10-12,15H,2-9H2,1H3,(H,14,16). The average molecular weight is 240 g/mol. The maximum absolute atomic E-state index is 11.8. The summed E-state index contributed by atoms with van der Waals surface area (Å²) in [6.07, 6.45) is 8.14. The Hall–Kier alpha value is -0.610. The van der Waals surface area contributed by atoms with Gasteiger partial charge in [0.15, 0.2) is 0 Å². The molecular formula is C13H24N2O2. The Morgan fingerprint density at radius 2 is 1.94 bits per heavy atom. The number of hydrogen-bond acceptors (Lipinski definition) is 3. The summed E-state index contributed by atoms with van der Waals surface area (Å²) in [5.74, 6) is 0.191. The highest BCUT2D eigenvalue weighted by atomic mass is 16.5. The van der Waals surface area contributed by atoms with E-state index in [1.165, 1.54) is 0 Å². The van der Waals surface area contributed by atoms with Crippen LogP contribution in [0, 0.1) is 0 Å². The number of carbonyl (C=O) groups excluding carboxylic acids is 1. The Labute approximate surface area is 103 Å². The van der Waals surface area contributed by atoms with E-state index in [0.717, 1.165) is 51.5 Å². The Balaban J connectivity index is 1.78. The Morgan fingerprint density at radius 3 is 2.65 bits per heavy atom. The van der Waals surface area contributed by atoms with Gasteiger partial charge in [-0.25, -0.2) is 0 Å². The molecule has 0 bridgehead atoms. The van der Waals surface area contributed by atoms with Crippen LogP contribution in [-0.4, -0.2) is 37.7 Å². The molecule has 0 aromatic heterocycles. The third-order valence-electron chi connectivity index (χ3n) is 3.98. The maximum atomic E-state index is 11.8. The third kappa shape index (κ3) is 3.68. The molecule has 2 rings (SSSR count). The second-order valence-electron chi connectivity index (χ2n) is 5.22. The monoisotopic (exact) mass is 240 g/mol. The molecule has 4 nitrogen and oxygen atoms in total. The van der Waals surface area contributed by atoms with Crippen LogP contribution in [-0.2, 0) is 9.53 Å². The molecule has 2 N–H and O–H groups in total. The molecule has 0 aromatic rings. The summed E-state index contributed by atoms with van der Waals surface area (Å²) in [6, 6.07) is 0.525. The van der Waals surface area contributed by atoms with Crippen molar-refractivity contribution in [3.8, 4) is 0 Å². The highest BCUT2D eigenvalue weighted by Gasteiger charge is 2.26. The summed E-state index contributed by atoms with van der Waals surface area (Å²) >= 11 is 0. The molecular weight excluding hydrogens is 216 g/mol. The van der Waals surface area contributed by atoms with Crippen LogP contribution in [0.25, 0.3) is 0 Å². The van der Waals surface area contributed by atoms with Gasteiger partial charge in [0.05, 0.1) is 12.1 Å². The van der Waals surface area contributed by atoms with Crippen molar-refractivity contribution in [1.82, 2.24) is 10.6 Å². The zero-order valence-electron chi connectivity index (χ0n) is 10.7. The number of hydrogen-bond donors (Lipinski definition) is 2. The molecule has 17 heavy (non-hydrogen) atoms. The van der Waals surface area contributed by atoms with Crippen molar-refractivity contribution in [1.29, 1.82) is 0 Å². The van der Waals surface area contributed by atoms with E-state index in [0.29, 0.717) is 12.1 Å². The van der Waals surface area contributed by atoms with Crippen molar-refractivity contribution in [3.05, 3.63) is 0 Å². The molecule has 1 unspecified atom stereocenters. The van der Waals surface area contributed by atoms with Crippen LogP contribution in [0.4, 0.5) is 0 Å². The van der Waals surface area contributed by atoms with E-state index in [2.05, 4.69) is 10.6 Å². The normalized spacial score (nSPS) is 35.1. The Kier molecular flexibility index (Phi) is 4.80. The van der Waals surface area contributed by atoms with E-state index in [9.17, 15) is 4.79 Å². The first-order valence-corrected chi connectivity index (χ1v) is 6.86. The maximum Gasteiger partial charge on any atom is 0.237 e. The minimum Gasteiger partial charge on any atom is -0.381 e. The smallest absolute Gasteiger partial charge is 0.237 e. The largest absolute Gasteiger partial charge is 0.381 e. The second kappa shape index (κ2) is 6.36. The van der Waals surface area contributed by atoms with Crippen molar-refractivity contribution in [2.24, 2.45) is 0 Å². The Bertz CT molecular complexity index is 250. The predicted octanol–water partition coefficient (Wildman–Crippen LogP) is 1.20. The highest BCUT2D eigenvalue weighted by Crippen LogP contribution is 2.21. The predicted molar refractivity (Wildman–Crippen MR) is 66.8 cm³/mol. The third-order valence-corrected chi connectivity index (χ3v) is 3.98. The van der Waals surface area contributed by atoms with E-state index in [4.69, 9.17) is 4.74 Å². The van der Waals surface area contributed by atoms with Crippen LogP contribution >= 0.6 is 0 Å². The first-order chi connectivity index (χ1) is 8.29. The van der Waals surface area contributed by atoms with E-state index >= 15 is 0 Å². The molecule has 1 aliphatic heterocycles. The molecule has 1 heterocycles. The molecule has 1 saturated carbocycles. The van der Waals surface area contributed by atoms with E-state index in [1.807, 2.05) is 0 Å². The lowest BCUT2D eigenvalue weighted by Crippen LogP contribution is -2.48. The van der Waals surface area contributed by atoms with Gasteiger partial charge in [0, 0.05) is 19.7 Å². The molecule has 0 spiro atoms. The molecule has 0 aromatic carbocycles. The van der Waals surface area contributed by atoms with Crippen LogP contribution in [0.3, 0.4) is 0 Å². The molecule has 1 saturated heterocycles. The van der Waals surface area contributed by atoms with Gasteiger partial charge in [-0.15, -0.1) is 0 Å². The van der Waals surface area contributed by atoms with Gasteiger partial charge in [0.2, 0.25) is 5.91 Å².